The largest absolute Gasteiger partial charge is 0.439 e. The third kappa shape index (κ3) is 2.26. The zero-order valence-electron chi connectivity index (χ0n) is 7.51. The molecule has 0 aromatic heterocycles. The van der Waals surface area contributed by atoms with Gasteiger partial charge in [0.05, 0.1) is 6.54 Å². The van der Waals surface area contributed by atoms with E-state index in [-0.39, 0.29) is 0 Å². The third-order valence-electron chi connectivity index (χ3n) is 1.77. The Balaban J connectivity index is 2.06. The molecule has 14 heavy (non-hydrogen) atoms. The first-order valence-electron chi connectivity index (χ1n) is 4.33. The van der Waals surface area contributed by atoms with Crippen LogP contribution in [0.3, 0.4) is 0 Å². The first-order valence-corrected chi connectivity index (χ1v) is 4.74. The summed E-state index contributed by atoms with van der Waals surface area (Å²) in [6.07, 6.45) is 3.64. The molecule has 0 unspecified atom stereocenters. The van der Waals surface area contributed by atoms with Gasteiger partial charge in [0.2, 0.25) is 5.90 Å². The lowest BCUT2D eigenvalue weighted by Gasteiger charge is -2.08. The predicted octanol–water partition coefficient (Wildman–Crippen LogP) is 2.40. The molecule has 0 bridgehead atoms. The van der Waals surface area contributed by atoms with Crippen molar-refractivity contribution < 1.29 is 4.74 Å². The van der Waals surface area contributed by atoms with Gasteiger partial charge < -0.3 is 4.74 Å². The number of rotatable bonds is 1. The molecule has 0 amide bonds. The van der Waals surface area contributed by atoms with E-state index < -0.39 is 0 Å². The van der Waals surface area contributed by atoms with Crippen molar-refractivity contribution in [3.05, 3.63) is 42.5 Å². The van der Waals surface area contributed by atoms with Crippen molar-refractivity contribution in [1.29, 1.82) is 0 Å². The van der Waals surface area contributed by atoms with E-state index in [1.807, 2.05) is 36.4 Å². The van der Waals surface area contributed by atoms with Gasteiger partial charge in [0, 0.05) is 10.9 Å². The number of para-hydroxylation sites is 1. The molecular formula is C11H9NOS. The SMILES string of the molecule is S=C1C=CC(Oc2ccccc2)=NC1. The van der Waals surface area contributed by atoms with Crippen LogP contribution < -0.4 is 4.74 Å². The monoisotopic (exact) mass is 203 g/mol. The van der Waals surface area contributed by atoms with Crippen molar-refractivity contribution >= 4 is 23.0 Å². The average molecular weight is 203 g/mol. The first-order chi connectivity index (χ1) is 6.84. The molecule has 0 spiro atoms. The zero-order valence-corrected chi connectivity index (χ0v) is 8.33. The maximum absolute atomic E-state index is 5.51. The predicted molar refractivity (Wildman–Crippen MR) is 61.1 cm³/mol. The van der Waals surface area contributed by atoms with E-state index in [1.54, 1.807) is 6.08 Å². The van der Waals surface area contributed by atoms with Crippen molar-refractivity contribution in [3.8, 4) is 5.75 Å². The highest BCUT2D eigenvalue weighted by Crippen LogP contribution is 2.10. The van der Waals surface area contributed by atoms with Crippen LogP contribution in [0.25, 0.3) is 0 Å². The Bertz CT molecular complexity index is 395. The van der Waals surface area contributed by atoms with Crippen molar-refractivity contribution in [2.45, 2.75) is 0 Å². The van der Waals surface area contributed by atoms with Crippen molar-refractivity contribution in [3.63, 3.8) is 0 Å². The normalized spacial score (nSPS) is 15.1. The standard InChI is InChI=1S/C11H9NOS/c14-10-6-7-11(12-8-10)13-9-4-2-1-3-5-9/h1-7H,8H2. The summed E-state index contributed by atoms with van der Waals surface area (Å²) in [4.78, 5) is 5.01. The highest BCUT2D eigenvalue weighted by molar-refractivity contribution is 7.80. The van der Waals surface area contributed by atoms with Gasteiger partial charge in [-0.05, 0) is 18.2 Å². The Morgan fingerprint density at radius 3 is 2.57 bits per heavy atom. The molecule has 1 aliphatic rings. The molecule has 1 aliphatic heterocycles. The van der Waals surface area contributed by atoms with Gasteiger partial charge in [-0.25, -0.2) is 4.99 Å². The molecule has 0 atom stereocenters. The lowest BCUT2D eigenvalue weighted by atomic mass is 10.3. The van der Waals surface area contributed by atoms with Gasteiger partial charge >= 0.3 is 0 Å². The summed E-state index contributed by atoms with van der Waals surface area (Å²) in [6.45, 7) is 0.550. The van der Waals surface area contributed by atoms with Crippen LogP contribution in [-0.2, 0) is 0 Å². The average Bonchev–Trinajstić information content (AvgIpc) is 2.23. The lowest BCUT2D eigenvalue weighted by molar-refractivity contribution is 0.553. The van der Waals surface area contributed by atoms with Crippen LogP contribution >= 0.6 is 12.2 Å². The molecule has 70 valence electrons. The number of thiocarbonyl (C=S) groups is 1. The number of ether oxygens (including phenoxy) is 1. The lowest BCUT2D eigenvalue weighted by Crippen LogP contribution is -2.12. The second-order valence-corrected chi connectivity index (χ2v) is 3.39. The second kappa shape index (κ2) is 4.15. The summed E-state index contributed by atoms with van der Waals surface area (Å²) in [7, 11) is 0. The van der Waals surface area contributed by atoms with E-state index in [1.165, 1.54) is 0 Å². The number of hydrogen-bond acceptors (Lipinski definition) is 3. The topological polar surface area (TPSA) is 21.6 Å². The summed E-state index contributed by atoms with van der Waals surface area (Å²) in [5, 5.41) is 0. The Hall–Kier alpha value is -1.48. The van der Waals surface area contributed by atoms with Crippen LogP contribution in [-0.4, -0.2) is 17.3 Å². The fourth-order valence-electron chi connectivity index (χ4n) is 1.10. The summed E-state index contributed by atoms with van der Waals surface area (Å²) in [5.41, 5.74) is 0. The Morgan fingerprint density at radius 2 is 1.93 bits per heavy atom. The number of dihydropyridines is 1. The molecule has 0 N–H and O–H groups in total. The van der Waals surface area contributed by atoms with Crippen LogP contribution in [0.1, 0.15) is 0 Å². The molecule has 0 fully saturated rings. The maximum Gasteiger partial charge on any atom is 0.215 e. The van der Waals surface area contributed by atoms with E-state index in [2.05, 4.69) is 4.99 Å². The van der Waals surface area contributed by atoms with Crippen LogP contribution in [0.15, 0.2) is 47.5 Å². The molecule has 1 aromatic carbocycles. The Kier molecular flexibility index (Phi) is 2.70. The quantitative estimate of drug-likeness (QED) is 0.654. The summed E-state index contributed by atoms with van der Waals surface area (Å²) < 4.78 is 5.51. The minimum atomic E-state index is 0.550. The zero-order chi connectivity index (χ0) is 9.80. The highest BCUT2D eigenvalue weighted by Gasteiger charge is 2.03. The smallest absolute Gasteiger partial charge is 0.215 e. The fraction of sp³-hybridized carbons (Fsp3) is 0.0909. The van der Waals surface area contributed by atoms with Crippen molar-refractivity contribution in [2.24, 2.45) is 4.99 Å². The van der Waals surface area contributed by atoms with Gasteiger partial charge in [-0.1, -0.05) is 30.4 Å². The molecule has 0 radical (unpaired) electrons. The number of aliphatic imine (C=N–C) groups is 1. The molecular weight excluding hydrogens is 194 g/mol. The Labute approximate surface area is 87.9 Å². The van der Waals surface area contributed by atoms with Gasteiger partial charge in [-0.15, -0.1) is 0 Å². The van der Waals surface area contributed by atoms with E-state index in [0.29, 0.717) is 12.4 Å². The number of benzene rings is 1. The molecule has 2 rings (SSSR count). The van der Waals surface area contributed by atoms with Crippen LogP contribution in [0.5, 0.6) is 5.75 Å². The van der Waals surface area contributed by atoms with E-state index in [0.717, 1.165) is 10.6 Å². The van der Waals surface area contributed by atoms with Gasteiger partial charge in [-0.3, -0.25) is 0 Å². The van der Waals surface area contributed by atoms with Crippen molar-refractivity contribution in [1.82, 2.24) is 0 Å². The summed E-state index contributed by atoms with van der Waals surface area (Å²) in [5.74, 6) is 1.41. The summed E-state index contributed by atoms with van der Waals surface area (Å²) >= 11 is 4.97. The summed E-state index contributed by atoms with van der Waals surface area (Å²) in [6, 6.07) is 9.58. The highest BCUT2D eigenvalue weighted by atomic mass is 32.1. The van der Waals surface area contributed by atoms with E-state index in [9.17, 15) is 0 Å². The molecule has 0 saturated heterocycles. The van der Waals surface area contributed by atoms with Crippen LogP contribution in [0, 0.1) is 0 Å². The minimum absolute atomic E-state index is 0.550. The van der Waals surface area contributed by atoms with Gasteiger partial charge in [0.1, 0.15) is 5.75 Å². The number of nitrogens with zero attached hydrogens (tertiary/aromatic N) is 1. The fourth-order valence-corrected chi connectivity index (χ4v) is 1.23. The molecule has 0 saturated carbocycles. The molecule has 3 heteroatoms. The van der Waals surface area contributed by atoms with Crippen LogP contribution in [0.4, 0.5) is 0 Å². The molecule has 0 aliphatic carbocycles. The van der Waals surface area contributed by atoms with Gasteiger partial charge in [0.15, 0.2) is 0 Å². The second-order valence-electron chi connectivity index (χ2n) is 2.87. The van der Waals surface area contributed by atoms with Crippen molar-refractivity contribution in [2.75, 3.05) is 6.54 Å². The maximum atomic E-state index is 5.51. The third-order valence-corrected chi connectivity index (χ3v) is 2.03. The minimum Gasteiger partial charge on any atom is -0.439 e. The van der Waals surface area contributed by atoms with E-state index in [4.69, 9.17) is 17.0 Å². The van der Waals surface area contributed by atoms with Gasteiger partial charge in [0.25, 0.3) is 0 Å². The van der Waals surface area contributed by atoms with Crippen LogP contribution in [0.2, 0.25) is 0 Å². The molecule has 1 heterocycles. The number of hydrogen-bond donors (Lipinski definition) is 0. The Morgan fingerprint density at radius 1 is 1.14 bits per heavy atom. The molecule has 1 aromatic rings. The van der Waals surface area contributed by atoms with Gasteiger partial charge in [-0.2, -0.15) is 0 Å². The first kappa shape index (κ1) is 9.09. The molecule has 2 nitrogen and oxygen atoms in total. The van der Waals surface area contributed by atoms with E-state index >= 15 is 0 Å².